The minimum absolute atomic E-state index is 0.170. The van der Waals surface area contributed by atoms with Crippen molar-refractivity contribution in [2.75, 3.05) is 26.2 Å². The molecule has 1 aliphatic heterocycles. The molecule has 4 heteroatoms. The summed E-state index contributed by atoms with van der Waals surface area (Å²) in [6, 6.07) is 0.233. The van der Waals surface area contributed by atoms with Gasteiger partial charge >= 0.3 is 0 Å². The van der Waals surface area contributed by atoms with Gasteiger partial charge in [0.15, 0.2) is 0 Å². The number of nitrogens with zero attached hydrogens (tertiary/aromatic N) is 1. The topological polar surface area (TPSA) is 15.3 Å². The van der Waals surface area contributed by atoms with Gasteiger partial charge in [0.05, 0.1) is 6.54 Å². The van der Waals surface area contributed by atoms with Gasteiger partial charge in [-0.3, -0.25) is 0 Å². The predicted molar refractivity (Wildman–Crippen MR) is 72.1 cm³/mol. The van der Waals surface area contributed by atoms with E-state index in [-0.39, 0.29) is 12.6 Å². The van der Waals surface area contributed by atoms with Crippen LogP contribution in [0.1, 0.15) is 40.0 Å². The van der Waals surface area contributed by atoms with Crippen molar-refractivity contribution in [3.8, 4) is 0 Å². The molecular formula is C14H28F2N2. The maximum Gasteiger partial charge on any atom is 0.250 e. The standard InChI is InChI=1S/C14H28F2N2/c1-4-5-6-18-9-12(11(2)3)7-13(10-18)17-8-14(15)16/h11-14,17H,4-10H2,1-3H3. The molecule has 0 aliphatic carbocycles. The zero-order valence-corrected chi connectivity index (χ0v) is 12.0. The van der Waals surface area contributed by atoms with Crippen molar-refractivity contribution in [1.29, 1.82) is 0 Å². The normalized spacial score (nSPS) is 26.2. The van der Waals surface area contributed by atoms with E-state index in [0.717, 1.165) is 26.1 Å². The Morgan fingerprint density at radius 3 is 2.56 bits per heavy atom. The first-order valence-electron chi connectivity index (χ1n) is 7.26. The summed E-state index contributed by atoms with van der Waals surface area (Å²) in [6.45, 7) is 9.65. The van der Waals surface area contributed by atoms with Crippen molar-refractivity contribution in [3.05, 3.63) is 0 Å². The fourth-order valence-electron chi connectivity index (χ4n) is 2.68. The van der Waals surface area contributed by atoms with E-state index >= 15 is 0 Å². The van der Waals surface area contributed by atoms with Gasteiger partial charge in [-0.15, -0.1) is 0 Å². The van der Waals surface area contributed by atoms with Gasteiger partial charge in [-0.05, 0) is 31.2 Å². The monoisotopic (exact) mass is 262 g/mol. The number of hydrogen-bond acceptors (Lipinski definition) is 2. The van der Waals surface area contributed by atoms with E-state index in [0.29, 0.717) is 11.8 Å². The van der Waals surface area contributed by atoms with Gasteiger partial charge < -0.3 is 10.2 Å². The number of alkyl halides is 2. The summed E-state index contributed by atoms with van der Waals surface area (Å²) in [7, 11) is 0. The smallest absolute Gasteiger partial charge is 0.250 e. The van der Waals surface area contributed by atoms with E-state index in [1.54, 1.807) is 0 Å². The fraction of sp³-hybridized carbons (Fsp3) is 1.00. The molecule has 1 rings (SSSR count). The Bertz CT molecular complexity index is 222. The summed E-state index contributed by atoms with van der Waals surface area (Å²) in [5.74, 6) is 1.26. The molecule has 0 radical (unpaired) electrons. The first kappa shape index (κ1) is 15.8. The van der Waals surface area contributed by atoms with Crippen molar-refractivity contribution in [1.82, 2.24) is 10.2 Å². The highest BCUT2D eigenvalue weighted by Gasteiger charge is 2.28. The molecule has 0 saturated carbocycles. The summed E-state index contributed by atoms with van der Waals surface area (Å²) >= 11 is 0. The van der Waals surface area contributed by atoms with Gasteiger partial charge in [0.25, 0.3) is 6.43 Å². The lowest BCUT2D eigenvalue weighted by atomic mass is 9.85. The molecule has 1 aliphatic rings. The molecule has 1 saturated heterocycles. The van der Waals surface area contributed by atoms with E-state index in [4.69, 9.17) is 0 Å². The molecule has 108 valence electrons. The second kappa shape index (κ2) is 8.05. The van der Waals surface area contributed by atoms with Crippen LogP contribution in [0.15, 0.2) is 0 Å². The maximum atomic E-state index is 12.3. The molecule has 18 heavy (non-hydrogen) atoms. The van der Waals surface area contributed by atoms with Crippen LogP contribution >= 0.6 is 0 Å². The van der Waals surface area contributed by atoms with Gasteiger partial charge in [-0.25, -0.2) is 8.78 Å². The van der Waals surface area contributed by atoms with Crippen molar-refractivity contribution < 1.29 is 8.78 Å². The number of hydrogen-bond donors (Lipinski definition) is 1. The molecule has 0 aromatic carbocycles. The third kappa shape index (κ3) is 5.61. The largest absolute Gasteiger partial charge is 0.307 e. The molecule has 1 fully saturated rings. The van der Waals surface area contributed by atoms with Gasteiger partial charge in [-0.2, -0.15) is 0 Å². The third-order valence-corrected chi connectivity index (χ3v) is 3.89. The van der Waals surface area contributed by atoms with Crippen LogP contribution in [0.25, 0.3) is 0 Å². The first-order valence-corrected chi connectivity index (χ1v) is 7.26. The maximum absolute atomic E-state index is 12.3. The van der Waals surface area contributed by atoms with Crippen LogP contribution in [0, 0.1) is 11.8 Å². The second-order valence-corrected chi connectivity index (χ2v) is 5.85. The van der Waals surface area contributed by atoms with Crippen LogP contribution in [0.2, 0.25) is 0 Å². The Balaban J connectivity index is 2.45. The van der Waals surface area contributed by atoms with Crippen molar-refractivity contribution in [3.63, 3.8) is 0 Å². The van der Waals surface area contributed by atoms with E-state index in [1.165, 1.54) is 12.8 Å². The summed E-state index contributed by atoms with van der Waals surface area (Å²) in [5.41, 5.74) is 0. The van der Waals surface area contributed by atoms with Gasteiger partial charge in [0, 0.05) is 19.1 Å². The van der Waals surface area contributed by atoms with E-state index in [2.05, 4.69) is 31.0 Å². The van der Waals surface area contributed by atoms with Crippen LogP contribution in [-0.4, -0.2) is 43.5 Å². The highest BCUT2D eigenvalue weighted by Crippen LogP contribution is 2.24. The number of halogens is 2. The third-order valence-electron chi connectivity index (χ3n) is 3.89. The van der Waals surface area contributed by atoms with E-state index in [1.807, 2.05) is 0 Å². The number of nitrogens with one attached hydrogen (secondary N) is 1. The number of rotatable bonds is 7. The minimum atomic E-state index is -2.24. The van der Waals surface area contributed by atoms with Crippen LogP contribution in [0.5, 0.6) is 0 Å². The molecule has 0 aromatic rings. The summed E-state index contributed by atoms with van der Waals surface area (Å²) in [5, 5.41) is 3.02. The Hall–Kier alpha value is -0.220. The quantitative estimate of drug-likeness (QED) is 0.759. The minimum Gasteiger partial charge on any atom is -0.307 e. The first-order chi connectivity index (χ1) is 8.52. The average molecular weight is 262 g/mol. The zero-order chi connectivity index (χ0) is 13.5. The molecule has 0 spiro atoms. The van der Waals surface area contributed by atoms with Crippen molar-refractivity contribution in [2.24, 2.45) is 11.8 Å². The van der Waals surface area contributed by atoms with Crippen LogP contribution in [-0.2, 0) is 0 Å². The lowest BCUT2D eigenvalue weighted by Gasteiger charge is -2.40. The molecule has 1 N–H and O–H groups in total. The van der Waals surface area contributed by atoms with Gasteiger partial charge in [0.2, 0.25) is 0 Å². The number of unbranched alkanes of at least 4 members (excludes halogenated alkanes) is 1. The van der Waals surface area contributed by atoms with Crippen molar-refractivity contribution in [2.45, 2.75) is 52.5 Å². The molecule has 0 amide bonds. The molecular weight excluding hydrogens is 234 g/mol. The van der Waals surface area contributed by atoms with E-state index in [9.17, 15) is 8.78 Å². The lowest BCUT2D eigenvalue weighted by molar-refractivity contribution is 0.0944. The highest BCUT2D eigenvalue weighted by molar-refractivity contribution is 4.84. The van der Waals surface area contributed by atoms with Crippen LogP contribution in [0.4, 0.5) is 8.78 Å². The highest BCUT2D eigenvalue weighted by atomic mass is 19.3. The Labute approximate surface area is 110 Å². The van der Waals surface area contributed by atoms with Gasteiger partial charge in [-0.1, -0.05) is 27.2 Å². The molecule has 2 atom stereocenters. The van der Waals surface area contributed by atoms with Crippen LogP contribution < -0.4 is 5.32 Å². The Kier molecular flexibility index (Phi) is 7.08. The van der Waals surface area contributed by atoms with E-state index < -0.39 is 6.43 Å². The number of likely N-dealkylation sites (tertiary alicyclic amines) is 1. The van der Waals surface area contributed by atoms with Crippen molar-refractivity contribution >= 4 is 0 Å². The van der Waals surface area contributed by atoms with Crippen LogP contribution in [0.3, 0.4) is 0 Å². The zero-order valence-electron chi connectivity index (χ0n) is 12.0. The summed E-state index contributed by atoms with van der Waals surface area (Å²) in [6.07, 6.45) is 1.19. The lowest BCUT2D eigenvalue weighted by Crippen LogP contribution is -2.51. The molecule has 0 bridgehead atoms. The molecule has 2 nitrogen and oxygen atoms in total. The average Bonchev–Trinajstić information content (AvgIpc) is 2.33. The second-order valence-electron chi connectivity index (χ2n) is 5.85. The Morgan fingerprint density at radius 1 is 1.28 bits per heavy atom. The summed E-state index contributed by atoms with van der Waals surface area (Å²) in [4.78, 5) is 2.45. The molecule has 1 heterocycles. The van der Waals surface area contributed by atoms with Gasteiger partial charge in [0.1, 0.15) is 0 Å². The predicted octanol–water partition coefficient (Wildman–Crippen LogP) is 2.99. The molecule has 0 aromatic heterocycles. The molecule has 2 unspecified atom stereocenters. The summed E-state index contributed by atoms with van der Waals surface area (Å²) < 4.78 is 24.5. The Morgan fingerprint density at radius 2 is 2.00 bits per heavy atom. The fourth-order valence-corrected chi connectivity index (χ4v) is 2.68. The number of piperidine rings is 1. The SMILES string of the molecule is CCCCN1CC(NCC(F)F)CC(C(C)C)C1.